The Hall–Kier alpha value is -2.37. The summed E-state index contributed by atoms with van der Waals surface area (Å²) in [6, 6.07) is 1.99. The number of hydrogen-bond donors (Lipinski definition) is 0. The lowest BCUT2D eigenvalue weighted by atomic mass is 9.47. The summed E-state index contributed by atoms with van der Waals surface area (Å²) >= 11 is 0. The van der Waals surface area contributed by atoms with Crippen molar-refractivity contribution in [2.24, 2.45) is 11.3 Å². The van der Waals surface area contributed by atoms with Gasteiger partial charge in [-0.1, -0.05) is 34.1 Å². The molecule has 2 fully saturated rings. The van der Waals surface area contributed by atoms with E-state index in [2.05, 4.69) is 13.8 Å². The van der Waals surface area contributed by atoms with Crippen molar-refractivity contribution < 1.29 is 28.6 Å². The van der Waals surface area contributed by atoms with Crippen molar-refractivity contribution in [2.45, 2.75) is 84.7 Å². The molecule has 1 saturated heterocycles. The molecular formula is C24H30O6. The number of ether oxygens (including phenoxy) is 3. The lowest BCUT2D eigenvalue weighted by Crippen LogP contribution is -2.60. The SMILES string of the molecule is CC(=O)Oc1c(C(C)C)cc2c(c1OC(C)=O)[C@@]13CCCC(C)(C)[C@H]1C[C@@H]2OC3=O. The number of benzene rings is 1. The van der Waals surface area contributed by atoms with Crippen LogP contribution in [0.3, 0.4) is 0 Å². The zero-order valence-corrected chi connectivity index (χ0v) is 18.6. The zero-order chi connectivity index (χ0) is 22.0. The molecule has 2 bridgehead atoms. The van der Waals surface area contributed by atoms with E-state index in [1.165, 1.54) is 13.8 Å². The summed E-state index contributed by atoms with van der Waals surface area (Å²) in [6.45, 7) is 11.0. The van der Waals surface area contributed by atoms with Gasteiger partial charge in [-0.3, -0.25) is 14.4 Å². The van der Waals surface area contributed by atoms with Crippen molar-refractivity contribution in [1.29, 1.82) is 0 Å². The van der Waals surface area contributed by atoms with Crippen molar-refractivity contribution in [1.82, 2.24) is 0 Å². The minimum Gasteiger partial charge on any atom is -0.457 e. The Balaban J connectivity index is 2.08. The number of carbonyl (C=O) groups excluding carboxylic acids is 3. The zero-order valence-electron chi connectivity index (χ0n) is 18.6. The Labute approximate surface area is 177 Å². The second-order valence-electron chi connectivity index (χ2n) is 9.93. The van der Waals surface area contributed by atoms with Gasteiger partial charge in [0.15, 0.2) is 11.5 Å². The number of rotatable bonds is 3. The van der Waals surface area contributed by atoms with Gasteiger partial charge in [0.25, 0.3) is 0 Å². The molecule has 0 amide bonds. The average molecular weight is 414 g/mol. The highest BCUT2D eigenvalue weighted by atomic mass is 16.6. The normalized spacial score (nSPS) is 28.4. The van der Waals surface area contributed by atoms with Crippen LogP contribution in [-0.4, -0.2) is 17.9 Å². The van der Waals surface area contributed by atoms with Crippen LogP contribution in [0.1, 0.15) is 95.9 Å². The van der Waals surface area contributed by atoms with E-state index in [0.717, 1.165) is 30.4 Å². The molecule has 2 heterocycles. The molecule has 1 aromatic rings. The minimum atomic E-state index is -0.888. The molecular weight excluding hydrogens is 384 g/mol. The van der Waals surface area contributed by atoms with E-state index in [4.69, 9.17) is 14.2 Å². The van der Waals surface area contributed by atoms with E-state index < -0.39 is 17.4 Å². The molecule has 5 rings (SSSR count). The van der Waals surface area contributed by atoms with Crippen molar-refractivity contribution in [3.8, 4) is 11.5 Å². The van der Waals surface area contributed by atoms with E-state index in [9.17, 15) is 14.4 Å². The molecule has 0 radical (unpaired) electrons. The van der Waals surface area contributed by atoms with Crippen LogP contribution in [0.2, 0.25) is 0 Å². The molecule has 0 aromatic heterocycles. The quantitative estimate of drug-likeness (QED) is 0.526. The van der Waals surface area contributed by atoms with Gasteiger partial charge in [0.05, 0.1) is 0 Å². The monoisotopic (exact) mass is 414 g/mol. The number of carbonyl (C=O) groups is 3. The summed E-state index contributed by atoms with van der Waals surface area (Å²) in [5.41, 5.74) is 1.41. The van der Waals surface area contributed by atoms with Crippen LogP contribution in [0.4, 0.5) is 0 Å². The van der Waals surface area contributed by atoms with Gasteiger partial charge < -0.3 is 14.2 Å². The van der Waals surface area contributed by atoms with E-state index in [0.29, 0.717) is 12.0 Å². The van der Waals surface area contributed by atoms with Crippen LogP contribution in [0.15, 0.2) is 6.07 Å². The summed E-state index contributed by atoms with van der Waals surface area (Å²) < 4.78 is 17.2. The van der Waals surface area contributed by atoms with Crippen LogP contribution in [0.5, 0.6) is 11.5 Å². The fraction of sp³-hybridized carbons (Fsp3) is 0.625. The first-order valence-corrected chi connectivity index (χ1v) is 10.8. The standard InChI is InChI=1S/C24H30O6/c1-12(2)15-10-16-17-11-18-23(5,6)8-7-9-24(18,22(27)30-17)19(16)21(29-14(4)26)20(15)28-13(3)25/h10,12,17-18H,7-9,11H2,1-6H3/t17-,18+,24+/m0/s1. The van der Waals surface area contributed by atoms with Crippen LogP contribution in [-0.2, 0) is 24.5 Å². The third-order valence-electron chi connectivity index (χ3n) is 7.20. The highest BCUT2D eigenvalue weighted by Gasteiger charge is 2.65. The van der Waals surface area contributed by atoms with Gasteiger partial charge >= 0.3 is 17.9 Å². The molecule has 0 unspecified atom stereocenters. The van der Waals surface area contributed by atoms with Gasteiger partial charge in [-0.25, -0.2) is 0 Å². The molecule has 1 spiro atoms. The third-order valence-corrected chi connectivity index (χ3v) is 7.20. The molecule has 6 nitrogen and oxygen atoms in total. The largest absolute Gasteiger partial charge is 0.457 e. The van der Waals surface area contributed by atoms with Crippen LogP contribution in [0, 0.1) is 11.3 Å². The number of fused-ring (bicyclic) bond motifs is 1. The molecule has 162 valence electrons. The maximum atomic E-state index is 13.4. The maximum Gasteiger partial charge on any atom is 0.317 e. The lowest BCUT2D eigenvalue weighted by molar-refractivity contribution is -0.185. The van der Waals surface area contributed by atoms with Crippen molar-refractivity contribution in [3.63, 3.8) is 0 Å². The van der Waals surface area contributed by atoms with Crippen molar-refractivity contribution in [2.75, 3.05) is 0 Å². The molecule has 2 aliphatic carbocycles. The van der Waals surface area contributed by atoms with E-state index >= 15 is 0 Å². The molecule has 0 N–H and O–H groups in total. The van der Waals surface area contributed by atoms with E-state index in [1.54, 1.807) is 0 Å². The Morgan fingerprint density at radius 2 is 1.73 bits per heavy atom. The smallest absolute Gasteiger partial charge is 0.317 e. The summed E-state index contributed by atoms with van der Waals surface area (Å²) in [4.78, 5) is 37.4. The summed E-state index contributed by atoms with van der Waals surface area (Å²) in [5.74, 6) is -0.681. The Morgan fingerprint density at radius 3 is 2.33 bits per heavy atom. The van der Waals surface area contributed by atoms with Gasteiger partial charge in [-0.15, -0.1) is 0 Å². The van der Waals surface area contributed by atoms with Crippen molar-refractivity contribution in [3.05, 3.63) is 22.8 Å². The van der Waals surface area contributed by atoms with Crippen LogP contribution < -0.4 is 9.47 Å². The Morgan fingerprint density at radius 1 is 1.10 bits per heavy atom. The molecule has 1 aromatic carbocycles. The van der Waals surface area contributed by atoms with Gasteiger partial charge in [-0.2, -0.15) is 0 Å². The van der Waals surface area contributed by atoms with Gasteiger partial charge in [0, 0.05) is 30.5 Å². The van der Waals surface area contributed by atoms with Crippen LogP contribution in [0.25, 0.3) is 0 Å². The first kappa shape index (κ1) is 20.9. The number of esters is 3. The van der Waals surface area contributed by atoms with E-state index in [-0.39, 0.29) is 40.8 Å². The highest BCUT2D eigenvalue weighted by molar-refractivity contribution is 5.91. The minimum absolute atomic E-state index is 0.0196. The summed E-state index contributed by atoms with van der Waals surface area (Å²) in [5, 5.41) is 0. The van der Waals surface area contributed by atoms with Gasteiger partial charge in [0.1, 0.15) is 11.5 Å². The molecule has 4 aliphatic rings. The Bertz CT molecular complexity index is 944. The molecule has 2 aliphatic heterocycles. The molecule has 6 heteroatoms. The second kappa shape index (κ2) is 6.82. The predicted molar refractivity (Wildman–Crippen MR) is 109 cm³/mol. The first-order valence-electron chi connectivity index (χ1n) is 10.8. The van der Waals surface area contributed by atoms with E-state index in [1.807, 2.05) is 19.9 Å². The highest BCUT2D eigenvalue weighted by Crippen LogP contribution is 2.66. The summed E-state index contributed by atoms with van der Waals surface area (Å²) in [7, 11) is 0. The lowest BCUT2D eigenvalue weighted by Gasteiger charge is -2.59. The fourth-order valence-electron chi connectivity index (χ4n) is 6.01. The summed E-state index contributed by atoms with van der Waals surface area (Å²) in [6.07, 6.45) is 2.91. The molecule has 1 saturated carbocycles. The second-order valence-corrected chi connectivity index (χ2v) is 9.93. The first-order chi connectivity index (χ1) is 14.0. The molecule has 3 atom stereocenters. The molecule has 30 heavy (non-hydrogen) atoms. The van der Waals surface area contributed by atoms with Gasteiger partial charge in [-0.05, 0) is 42.6 Å². The van der Waals surface area contributed by atoms with Gasteiger partial charge in [0.2, 0.25) is 0 Å². The topological polar surface area (TPSA) is 78.9 Å². The average Bonchev–Trinajstić information content (AvgIpc) is 2.62. The van der Waals surface area contributed by atoms with Crippen molar-refractivity contribution >= 4 is 17.9 Å². The Kier molecular flexibility index (Phi) is 4.75. The number of hydrogen-bond acceptors (Lipinski definition) is 6. The third kappa shape index (κ3) is 2.87. The fourth-order valence-corrected chi connectivity index (χ4v) is 6.01. The van der Waals surface area contributed by atoms with Crippen LogP contribution >= 0.6 is 0 Å². The maximum absolute atomic E-state index is 13.4. The predicted octanol–water partition coefficient (Wildman–Crippen LogP) is 4.73.